The smallest absolute Gasteiger partial charge is 0.128 e. The molecule has 2 N–H and O–H groups in total. The number of nitrogens with two attached hydrogens (primary N) is 1. The molecule has 0 saturated carbocycles. The van der Waals surface area contributed by atoms with E-state index in [4.69, 9.17) is 18.0 Å². The fourth-order valence-corrected chi connectivity index (χ4v) is 2.32. The number of hydrogen-bond acceptors (Lipinski definition) is 3. The Balaban J connectivity index is 2.06. The molecule has 17 heavy (non-hydrogen) atoms. The van der Waals surface area contributed by atoms with Gasteiger partial charge in [-0.3, -0.25) is 0 Å². The van der Waals surface area contributed by atoms with Gasteiger partial charge in [-0.25, -0.2) is 4.98 Å². The maximum Gasteiger partial charge on any atom is 0.128 e. The molecule has 1 aliphatic heterocycles. The Morgan fingerprint density at radius 2 is 1.76 bits per heavy atom. The molecule has 1 fully saturated rings. The van der Waals surface area contributed by atoms with Gasteiger partial charge in [0, 0.05) is 24.8 Å². The van der Waals surface area contributed by atoms with Crippen molar-refractivity contribution in [2.24, 2.45) is 5.73 Å². The second-order valence-corrected chi connectivity index (χ2v) is 4.96. The topological polar surface area (TPSA) is 42.1 Å². The van der Waals surface area contributed by atoms with Crippen LogP contribution in [0.1, 0.15) is 37.7 Å². The van der Waals surface area contributed by atoms with Crippen LogP contribution in [-0.2, 0) is 0 Å². The molecule has 92 valence electrons. The molecule has 0 aliphatic carbocycles. The van der Waals surface area contributed by atoms with Crippen LogP contribution < -0.4 is 10.6 Å². The highest BCUT2D eigenvalue weighted by Gasteiger charge is 2.10. The Bertz CT molecular complexity index is 367. The van der Waals surface area contributed by atoms with Gasteiger partial charge in [-0.1, -0.05) is 31.5 Å². The van der Waals surface area contributed by atoms with E-state index in [-0.39, 0.29) is 0 Å². The third-order valence-electron chi connectivity index (χ3n) is 3.21. The molecule has 0 spiro atoms. The summed E-state index contributed by atoms with van der Waals surface area (Å²) >= 11 is 4.93. The van der Waals surface area contributed by atoms with Crippen molar-refractivity contribution in [1.82, 2.24) is 4.98 Å². The quantitative estimate of drug-likeness (QED) is 0.818. The molecular weight excluding hydrogens is 230 g/mol. The van der Waals surface area contributed by atoms with Gasteiger partial charge in [-0.15, -0.1) is 0 Å². The van der Waals surface area contributed by atoms with Crippen molar-refractivity contribution in [3.05, 3.63) is 23.9 Å². The number of thiocarbonyl (C=S) groups is 1. The fraction of sp³-hybridized carbons (Fsp3) is 0.538. The first-order valence-corrected chi connectivity index (χ1v) is 6.69. The zero-order valence-electron chi connectivity index (χ0n) is 10.1. The van der Waals surface area contributed by atoms with E-state index >= 15 is 0 Å². The van der Waals surface area contributed by atoms with E-state index in [1.54, 1.807) is 6.20 Å². The van der Waals surface area contributed by atoms with Crippen molar-refractivity contribution in [1.29, 1.82) is 0 Å². The average molecular weight is 249 g/mol. The highest BCUT2D eigenvalue weighted by Crippen LogP contribution is 2.17. The molecule has 2 rings (SSSR count). The van der Waals surface area contributed by atoms with Crippen LogP contribution in [0, 0.1) is 0 Å². The van der Waals surface area contributed by atoms with Crippen molar-refractivity contribution < 1.29 is 0 Å². The van der Waals surface area contributed by atoms with Crippen LogP contribution in [0.3, 0.4) is 0 Å². The van der Waals surface area contributed by atoms with Crippen LogP contribution >= 0.6 is 12.2 Å². The first-order valence-electron chi connectivity index (χ1n) is 6.28. The fourth-order valence-electron chi connectivity index (χ4n) is 2.20. The van der Waals surface area contributed by atoms with E-state index in [0.29, 0.717) is 4.99 Å². The highest BCUT2D eigenvalue weighted by molar-refractivity contribution is 7.80. The molecule has 0 atom stereocenters. The first kappa shape index (κ1) is 12.3. The van der Waals surface area contributed by atoms with E-state index in [1.807, 2.05) is 12.1 Å². The van der Waals surface area contributed by atoms with Crippen molar-refractivity contribution in [2.75, 3.05) is 18.0 Å². The molecule has 1 aromatic heterocycles. The Kier molecular flexibility index (Phi) is 4.31. The average Bonchev–Trinajstić information content (AvgIpc) is 2.29. The number of nitrogens with zero attached hydrogens (tertiary/aromatic N) is 2. The second-order valence-electron chi connectivity index (χ2n) is 4.52. The molecule has 1 saturated heterocycles. The Morgan fingerprint density at radius 1 is 1.12 bits per heavy atom. The van der Waals surface area contributed by atoms with Crippen LogP contribution in [0.5, 0.6) is 0 Å². The third kappa shape index (κ3) is 3.40. The van der Waals surface area contributed by atoms with Gasteiger partial charge in [-0.2, -0.15) is 0 Å². The van der Waals surface area contributed by atoms with Gasteiger partial charge in [0.25, 0.3) is 0 Å². The largest absolute Gasteiger partial charge is 0.389 e. The molecule has 0 aromatic carbocycles. The van der Waals surface area contributed by atoms with Crippen LogP contribution in [0.4, 0.5) is 5.82 Å². The molecule has 0 amide bonds. The lowest BCUT2D eigenvalue weighted by atomic mass is 10.1. The first-order chi connectivity index (χ1) is 8.27. The standard InChI is InChI=1S/C13H19N3S/c14-13(17)11-6-7-12(15-10-11)16-8-4-2-1-3-5-9-16/h6-7,10H,1-5,8-9H2,(H2,14,17). The van der Waals surface area contributed by atoms with E-state index in [2.05, 4.69) is 9.88 Å². The van der Waals surface area contributed by atoms with Gasteiger partial charge in [0.15, 0.2) is 0 Å². The molecule has 1 aliphatic rings. The number of rotatable bonds is 2. The zero-order chi connectivity index (χ0) is 12.1. The minimum Gasteiger partial charge on any atom is -0.389 e. The van der Waals surface area contributed by atoms with Gasteiger partial charge < -0.3 is 10.6 Å². The molecule has 0 radical (unpaired) electrons. The Labute approximate surface area is 108 Å². The third-order valence-corrected chi connectivity index (χ3v) is 3.45. The summed E-state index contributed by atoms with van der Waals surface area (Å²) in [6.07, 6.45) is 8.35. The number of hydrogen-bond donors (Lipinski definition) is 1. The summed E-state index contributed by atoms with van der Waals surface area (Å²) in [7, 11) is 0. The van der Waals surface area contributed by atoms with Crippen molar-refractivity contribution in [2.45, 2.75) is 32.1 Å². The molecule has 4 heteroatoms. The predicted octanol–water partition coefficient (Wildman–Crippen LogP) is 2.49. The lowest BCUT2D eigenvalue weighted by Crippen LogP contribution is -2.27. The SMILES string of the molecule is NC(=S)c1ccc(N2CCCCCCC2)nc1. The number of aromatic nitrogens is 1. The summed E-state index contributed by atoms with van der Waals surface area (Å²) in [6.45, 7) is 2.22. The maximum absolute atomic E-state index is 5.57. The minimum atomic E-state index is 0.414. The van der Waals surface area contributed by atoms with Gasteiger partial charge in [0.1, 0.15) is 10.8 Å². The van der Waals surface area contributed by atoms with Crippen molar-refractivity contribution >= 4 is 23.0 Å². The van der Waals surface area contributed by atoms with Crippen LogP contribution in [0.25, 0.3) is 0 Å². The van der Waals surface area contributed by atoms with Gasteiger partial charge >= 0.3 is 0 Å². The Hall–Kier alpha value is -1.16. The summed E-state index contributed by atoms with van der Waals surface area (Å²) < 4.78 is 0. The normalized spacial score (nSPS) is 17.3. The van der Waals surface area contributed by atoms with Gasteiger partial charge in [0.05, 0.1) is 0 Å². The summed E-state index contributed by atoms with van der Waals surface area (Å²) in [5, 5.41) is 0. The van der Waals surface area contributed by atoms with E-state index in [1.165, 1.54) is 32.1 Å². The lowest BCUT2D eigenvalue weighted by Gasteiger charge is -2.25. The summed E-state index contributed by atoms with van der Waals surface area (Å²) in [6, 6.07) is 3.99. The van der Waals surface area contributed by atoms with Crippen LogP contribution in [-0.4, -0.2) is 23.1 Å². The van der Waals surface area contributed by atoms with E-state index in [0.717, 1.165) is 24.5 Å². The zero-order valence-corrected chi connectivity index (χ0v) is 10.9. The number of pyridine rings is 1. The summed E-state index contributed by atoms with van der Waals surface area (Å²) in [4.78, 5) is 7.23. The van der Waals surface area contributed by atoms with Crippen molar-refractivity contribution in [3.8, 4) is 0 Å². The maximum atomic E-state index is 5.57. The summed E-state index contributed by atoms with van der Waals surface area (Å²) in [5.74, 6) is 1.05. The van der Waals surface area contributed by atoms with E-state index < -0.39 is 0 Å². The van der Waals surface area contributed by atoms with Crippen molar-refractivity contribution in [3.63, 3.8) is 0 Å². The second kappa shape index (κ2) is 5.96. The molecule has 0 bridgehead atoms. The molecule has 1 aromatic rings. The van der Waals surface area contributed by atoms with Gasteiger partial charge in [-0.05, 0) is 25.0 Å². The van der Waals surface area contributed by atoms with Crippen LogP contribution in [0.2, 0.25) is 0 Å². The Morgan fingerprint density at radius 3 is 2.29 bits per heavy atom. The van der Waals surface area contributed by atoms with E-state index in [9.17, 15) is 0 Å². The highest BCUT2D eigenvalue weighted by atomic mass is 32.1. The van der Waals surface area contributed by atoms with Crippen LogP contribution in [0.15, 0.2) is 18.3 Å². The molecule has 3 nitrogen and oxygen atoms in total. The monoisotopic (exact) mass is 249 g/mol. The summed E-state index contributed by atoms with van der Waals surface area (Å²) in [5.41, 5.74) is 6.41. The lowest BCUT2D eigenvalue weighted by molar-refractivity contribution is 0.554. The molecular formula is C13H19N3S. The minimum absolute atomic E-state index is 0.414. The number of anilines is 1. The molecule has 2 heterocycles. The predicted molar refractivity (Wildman–Crippen MR) is 75.4 cm³/mol. The van der Waals surface area contributed by atoms with Gasteiger partial charge in [0.2, 0.25) is 0 Å². The molecule has 0 unspecified atom stereocenters.